The third-order valence-corrected chi connectivity index (χ3v) is 6.88. The molecule has 1 aliphatic rings. The minimum absolute atomic E-state index is 0.0399. The standard InChI is InChI=1S/C25H24F3N3O2/c1-12(2)24-20(13-3-5-14(6-4-13)25(32)33)21-19(9-15-11-29-30-23(15)22(21)28)31(24)16-7-8-17(26)18(27)10-16/h7-14H,3-6H2,1-2H3,(H,29,30)(H,32,33). The first-order chi connectivity index (χ1) is 15.8. The SMILES string of the molecule is CC(C)c1c(C2CCC(C(=O)O)CC2)c2c(F)c3[nH]ncc3cc2n1-c1ccc(F)c(F)c1. The van der Waals surface area contributed by atoms with Crippen molar-refractivity contribution < 1.29 is 23.1 Å². The number of carbonyl (C=O) groups is 1. The molecule has 8 heteroatoms. The molecule has 0 saturated heterocycles. The summed E-state index contributed by atoms with van der Waals surface area (Å²) in [4.78, 5) is 11.5. The van der Waals surface area contributed by atoms with Gasteiger partial charge in [-0.1, -0.05) is 13.8 Å². The third kappa shape index (κ3) is 3.39. The number of benzene rings is 2. The van der Waals surface area contributed by atoms with Gasteiger partial charge in [-0.15, -0.1) is 0 Å². The first kappa shape index (κ1) is 21.6. The molecule has 1 saturated carbocycles. The molecule has 0 amide bonds. The van der Waals surface area contributed by atoms with Crippen molar-refractivity contribution in [3.05, 3.63) is 59.2 Å². The molecule has 0 unspecified atom stereocenters. The van der Waals surface area contributed by atoms with Crippen LogP contribution in [0.3, 0.4) is 0 Å². The second-order valence-corrected chi connectivity index (χ2v) is 9.19. The van der Waals surface area contributed by atoms with Crippen LogP contribution in [-0.4, -0.2) is 25.8 Å². The topological polar surface area (TPSA) is 70.9 Å². The van der Waals surface area contributed by atoms with Crippen molar-refractivity contribution in [2.24, 2.45) is 5.92 Å². The maximum absolute atomic E-state index is 15.9. The quantitative estimate of drug-likeness (QED) is 0.374. The Morgan fingerprint density at radius 2 is 1.85 bits per heavy atom. The number of fused-ring (bicyclic) bond motifs is 2. The van der Waals surface area contributed by atoms with E-state index in [1.54, 1.807) is 0 Å². The van der Waals surface area contributed by atoms with Crippen LogP contribution < -0.4 is 0 Å². The number of rotatable bonds is 4. The van der Waals surface area contributed by atoms with Crippen LogP contribution in [0.5, 0.6) is 0 Å². The lowest BCUT2D eigenvalue weighted by atomic mass is 9.77. The van der Waals surface area contributed by atoms with Gasteiger partial charge in [-0.25, -0.2) is 13.2 Å². The second kappa shape index (κ2) is 7.93. The van der Waals surface area contributed by atoms with E-state index in [4.69, 9.17) is 0 Å². The lowest BCUT2D eigenvalue weighted by Gasteiger charge is -2.28. The van der Waals surface area contributed by atoms with Crippen LogP contribution in [0.1, 0.15) is 62.6 Å². The highest BCUT2D eigenvalue weighted by molar-refractivity contribution is 5.99. The van der Waals surface area contributed by atoms with E-state index in [0.29, 0.717) is 53.2 Å². The number of halogens is 3. The van der Waals surface area contributed by atoms with Crippen LogP contribution in [0.15, 0.2) is 30.5 Å². The van der Waals surface area contributed by atoms with Gasteiger partial charge in [0.25, 0.3) is 0 Å². The summed E-state index contributed by atoms with van der Waals surface area (Å²) in [5.74, 6) is -3.64. The smallest absolute Gasteiger partial charge is 0.306 e. The van der Waals surface area contributed by atoms with E-state index in [0.717, 1.165) is 23.4 Å². The number of carboxylic acid groups (broad SMARTS) is 1. The summed E-state index contributed by atoms with van der Waals surface area (Å²) in [6.07, 6.45) is 3.81. The summed E-state index contributed by atoms with van der Waals surface area (Å²) in [6.45, 7) is 3.98. The number of H-pyrrole nitrogens is 1. The fourth-order valence-corrected chi connectivity index (χ4v) is 5.36. The van der Waals surface area contributed by atoms with Crippen LogP contribution in [0, 0.1) is 23.4 Å². The number of aromatic nitrogens is 3. The van der Waals surface area contributed by atoms with E-state index in [9.17, 15) is 18.7 Å². The second-order valence-electron chi connectivity index (χ2n) is 9.19. The van der Waals surface area contributed by atoms with E-state index in [-0.39, 0.29) is 11.8 Å². The first-order valence-corrected chi connectivity index (χ1v) is 11.2. The zero-order valence-corrected chi connectivity index (χ0v) is 18.3. The monoisotopic (exact) mass is 455 g/mol. The maximum Gasteiger partial charge on any atom is 0.306 e. The lowest BCUT2D eigenvalue weighted by molar-refractivity contribution is -0.142. The number of aromatic amines is 1. The van der Waals surface area contributed by atoms with Gasteiger partial charge in [0.15, 0.2) is 17.5 Å². The van der Waals surface area contributed by atoms with Crippen LogP contribution in [0.2, 0.25) is 0 Å². The number of hydrogen-bond acceptors (Lipinski definition) is 2. The molecule has 0 spiro atoms. The fraction of sp³-hybridized carbons (Fsp3) is 0.360. The van der Waals surface area contributed by atoms with Gasteiger partial charge in [-0.3, -0.25) is 9.89 Å². The van der Waals surface area contributed by atoms with Crippen LogP contribution >= 0.6 is 0 Å². The van der Waals surface area contributed by atoms with E-state index in [2.05, 4.69) is 10.2 Å². The molecule has 5 rings (SSSR count). The van der Waals surface area contributed by atoms with E-state index in [1.807, 2.05) is 24.5 Å². The Kier molecular flexibility index (Phi) is 5.18. The molecule has 0 bridgehead atoms. The van der Waals surface area contributed by atoms with E-state index < -0.39 is 29.3 Å². The van der Waals surface area contributed by atoms with Gasteiger partial charge < -0.3 is 9.67 Å². The zero-order chi connectivity index (χ0) is 23.4. The van der Waals surface area contributed by atoms with Gasteiger partial charge in [-0.05, 0) is 61.3 Å². The van der Waals surface area contributed by atoms with Crippen molar-refractivity contribution in [1.82, 2.24) is 14.8 Å². The number of hydrogen-bond donors (Lipinski definition) is 2. The van der Waals surface area contributed by atoms with Crippen molar-refractivity contribution in [3.63, 3.8) is 0 Å². The van der Waals surface area contributed by atoms with Gasteiger partial charge in [-0.2, -0.15) is 5.10 Å². The molecule has 5 nitrogen and oxygen atoms in total. The van der Waals surface area contributed by atoms with Gasteiger partial charge in [0.1, 0.15) is 5.52 Å². The number of aliphatic carboxylic acids is 1. The summed E-state index contributed by atoms with van der Waals surface area (Å²) < 4.78 is 45.7. The molecule has 0 aliphatic heterocycles. The highest BCUT2D eigenvalue weighted by atomic mass is 19.2. The summed E-state index contributed by atoms with van der Waals surface area (Å²) in [6, 6.07) is 5.51. The fourth-order valence-electron chi connectivity index (χ4n) is 5.36. The third-order valence-electron chi connectivity index (χ3n) is 6.88. The Morgan fingerprint density at radius 1 is 1.12 bits per heavy atom. The number of carboxylic acids is 1. The van der Waals surface area contributed by atoms with Crippen LogP contribution in [0.4, 0.5) is 13.2 Å². The minimum Gasteiger partial charge on any atom is -0.481 e. The summed E-state index contributed by atoms with van der Waals surface area (Å²) >= 11 is 0. The summed E-state index contributed by atoms with van der Waals surface area (Å²) in [5, 5.41) is 17.1. The highest BCUT2D eigenvalue weighted by Gasteiger charge is 2.33. The first-order valence-electron chi connectivity index (χ1n) is 11.2. The Labute approximate surface area is 188 Å². The number of nitrogens with one attached hydrogen (secondary N) is 1. The van der Waals surface area contributed by atoms with Gasteiger partial charge in [0, 0.05) is 28.2 Å². The molecule has 1 fully saturated rings. The molecule has 4 aromatic rings. The van der Waals surface area contributed by atoms with Crippen molar-refractivity contribution in [2.75, 3.05) is 0 Å². The molecule has 2 aromatic heterocycles. The molecular weight excluding hydrogens is 431 g/mol. The van der Waals surface area contributed by atoms with Crippen molar-refractivity contribution >= 4 is 27.8 Å². The predicted octanol–water partition coefficient (Wildman–Crippen LogP) is 6.41. The number of nitrogens with zero attached hydrogens (tertiary/aromatic N) is 2. The summed E-state index contributed by atoms with van der Waals surface area (Å²) in [7, 11) is 0. The molecule has 2 heterocycles. The van der Waals surface area contributed by atoms with Crippen LogP contribution in [0.25, 0.3) is 27.5 Å². The Morgan fingerprint density at radius 3 is 2.48 bits per heavy atom. The molecule has 172 valence electrons. The largest absolute Gasteiger partial charge is 0.481 e. The highest BCUT2D eigenvalue weighted by Crippen LogP contribution is 2.46. The molecule has 0 atom stereocenters. The minimum atomic E-state index is -0.975. The van der Waals surface area contributed by atoms with Gasteiger partial charge >= 0.3 is 5.97 Å². The van der Waals surface area contributed by atoms with Gasteiger partial charge in [0.05, 0.1) is 17.6 Å². The molecule has 2 aromatic carbocycles. The Hall–Kier alpha value is -3.29. The molecule has 0 radical (unpaired) electrons. The molecular formula is C25H24F3N3O2. The van der Waals surface area contributed by atoms with Gasteiger partial charge in [0.2, 0.25) is 0 Å². The zero-order valence-electron chi connectivity index (χ0n) is 18.3. The van der Waals surface area contributed by atoms with Crippen molar-refractivity contribution in [2.45, 2.75) is 51.4 Å². The Balaban J connectivity index is 1.82. The van der Waals surface area contributed by atoms with E-state index >= 15 is 4.39 Å². The summed E-state index contributed by atoms with van der Waals surface area (Å²) in [5.41, 5.74) is 2.92. The normalized spacial score (nSPS) is 19.1. The average molecular weight is 455 g/mol. The van der Waals surface area contributed by atoms with Crippen LogP contribution in [-0.2, 0) is 4.79 Å². The molecule has 33 heavy (non-hydrogen) atoms. The Bertz CT molecular complexity index is 1380. The van der Waals surface area contributed by atoms with Crippen molar-refractivity contribution in [1.29, 1.82) is 0 Å². The predicted molar refractivity (Wildman–Crippen MR) is 119 cm³/mol. The molecule has 2 N–H and O–H groups in total. The van der Waals surface area contributed by atoms with E-state index in [1.165, 1.54) is 12.3 Å². The maximum atomic E-state index is 15.9. The lowest BCUT2D eigenvalue weighted by Crippen LogP contribution is -2.21. The molecule has 1 aliphatic carbocycles. The van der Waals surface area contributed by atoms with Crippen molar-refractivity contribution in [3.8, 4) is 5.69 Å². The average Bonchev–Trinajstić information content (AvgIpc) is 3.39.